The summed E-state index contributed by atoms with van der Waals surface area (Å²) >= 11 is 6.27. The number of halogens is 1. The zero-order valence-corrected chi connectivity index (χ0v) is 16.3. The van der Waals surface area contributed by atoms with Crippen LogP contribution in [0.3, 0.4) is 0 Å². The van der Waals surface area contributed by atoms with Crippen LogP contribution in [0.4, 0.5) is 0 Å². The molecule has 1 aromatic heterocycles. The number of hydrogen-bond acceptors (Lipinski definition) is 5. The van der Waals surface area contributed by atoms with Crippen LogP contribution < -0.4 is 9.47 Å². The first-order valence-corrected chi connectivity index (χ1v) is 9.53. The van der Waals surface area contributed by atoms with Gasteiger partial charge in [0.2, 0.25) is 6.23 Å². The summed E-state index contributed by atoms with van der Waals surface area (Å²) in [6.45, 7) is 1.94. The van der Waals surface area contributed by atoms with E-state index in [1.807, 2.05) is 66.5 Å². The van der Waals surface area contributed by atoms with E-state index in [0.29, 0.717) is 5.02 Å². The number of aryl methyl sites for hydroxylation is 1. The van der Waals surface area contributed by atoms with Crippen LogP contribution in [0.5, 0.6) is 11.5 Å². The van der Waals surface area contributed by atoms with Crippen LogP contribution in [0.25, 0.3) is 0 Å². The molecule has 0 aliphatic carbocycles. The SMILES string of the molecule is COc1ccc([C@@H]2Oc3ccc(Cl)cc3[C@H]3CC(c4ccc(C)o4)=NN32)cc1. The van der Waals surface area contributed by atoms with Crippen LogP contribution in [0.1, 0.15) is 41.3 Å². The molecule has 0 amide bonds. The van der Waals surface area contributed by atoms with Crippen molar-refractivity contribution in [1.82, 2.24) is 5.01 Å². The number of methoxy groups -OCH3 is 1. The molecule has 0 bridgehead atoms. The van der Waals surface area contributed by atoms with E-state index < -0.39 is 0 Å². The molecule has 2 aliphatic heterocycles. The average molecular weight is 395 g/mol. The predicted octanol–water partition coefficient (Wildman–Crippen LogP) is 5.49. The summed E-state index contributed by atoms with van der Waals surface area (Å²) in [4.78, 5) is 0. The standard InChI is InChI=1S/C22H19ClN2O3/c1-13-3-9-21(27-13)18-12-19-17-11-15(23)6-10-20(17)28-22(25(19)24-18)14-4-7-16(26-2)8-5-14/h3-11,19,22H,12H2,1-2H3/t19-,22+/m1/s1. The second kappa shape index (κ2) is 6.60. The van der Waals surface area contributed by atoms with Crippen LogP contribution in [-0.2, 0) is 0 Å². The number of furan rings is 1. The van der Waals surface area contributed by atoms with Crippen molar-refractivity contribution in [3.8, 4) is 11.5 Å². The largest absolute Gasteiger partial charge is 0.497 e. The third kappa shape index (κ3) is 2.83. The number of benzene rings is 2. The minimum Gasteiger partial charge on any atom is -0.497 e. The molecule has 0 unspecified atom stereocenters. The number of rotatable bonds is 3. The van der Waals surface area contributed by atoms with Crippen molar-refractivity contribution in [2.75, 3.05) is 7.11 Å². The molecule has 3 heterocycles. The lowest BCUT2D eigenvalue weighted by Gasteiger charge is -2.38. The minimum atomic E-state index is -0.335. The Labute approximate surface area is 168 Å². The molecule has 142 valence electrons. The van der Waals surface area contributed by atoms with Gasteiger partial charge in [0.15, 0.2) is 0 Å². The molecular weight excluding hydrogens is 376 g/mol. The fourth-order valence-corrected chi connectivity index (χ4v) is 3.97. The lowest BCUT2D eigenvalue weighted by molar-refractivity contribution is -0.0190. The zero-order chi connectivity index (χ0) is 19.3. The highest BCUT2D eigenvalue weighted by atomic mass is 35.5. The van der Waals surface area contributed by atoms with Gasteiger partial charge in [-0.2, -0.15) is 5.10 Å². The van der Waals surface area contributed by atoms with Crippen molar-refractivity contribution in [3.05, 3.63) is 82.3 Å². The van der Waals surface area contributed by atoms with Crippen LogP contribution in [0.15, 0.2) is 64.1 Å². The minimum absolute atomic E-state index is 0.0370. The van der Waals surface area contributed by atoms with Crippen molar-refractivity contribution in [2.24, 2.45) is 5.10 Å². The molecule has 0 spiro atoms. The molecule has 5 nitrogen and oxygen atoms in total. The monoisotopic (exact) mass is 394 g/mol. The van der Waals surface area contributed by atoms with Gasteiger partial charge in [-0.15, -0.1) is 0 Å². The topological polar surface area (TPSA) is 47.2 Å². The summed E-state index contributed by atoms with van der Waals surface area (Å²) in [5.41, 5.74) is 2.96. The van der Waals surface area contributed by atoms with Gasteiger partial charge in [0.05, 0.1) is 13.2 Å². The highest BCUT2D eigenvalue weighted by Gasteiger charge is 2.41. The second-order valence-corrected chi connectivity index (χ2v) is 7.42. The molecule has 0 saturated carbocycles. The van der Waals surface area contributed by atoms with Crippen molar-refractivity contribution in [3.63, 3.8) is 0 Å². The molecule has 2 aromatic carbocycles. The highest BCUT2D eigenvalue weighted by molar-refractivity contribution is 6.30. The third-order valence-corrected chi connectivity index (χ3v) is 5.41. The Hall–Kier alpha value is -2.92. The summed E-state index contributed by atoms with van der Waals surface area (Å²) in [5.74, 6) is 3.30. The maximum absolute atomic E-state index is 6.34. The van der Waals surface area contributed by atoms with Gasteiger partial charge < -0.3 is 13.9 Å². The molecule has 6 heteroatoms. The van der Waals surface area contributed by atoms with Crippen LogP contribution >= 0.6 is 11.6 Å². The summed E-state index contributed by atoms with van der Waals surface area (Å²) in [6.07, 6.45) is 0.397. The molecule has 0 fully saturated rings. The van der Waals surface area contributed by atoms with Crippen molar-refractivity contribution < 1.29 is 13.9 Å². The average Bonchev–Trinajstić information content (AvgIpc) is 3.34. The van der Waals surface area contributed by atoms with Crippen LogP contribution in [0, 0.1) is 6.92 Å². The van der Waals surface area contributed by atoms with Gasteiger partial charge in [-0.3, -0.25) is 0 Å². The van der Waals surface area contributed by atoms with Crippen molar-refractivity contribution >= 4 is 17.3 Å². The maximum Gasteiger partial charge on any atom is 0.213 e. The molecular formula is C22H19ClN2O3. The fourth-order valence-electron chi connectivity index (χ4n) is 3.79. The molecule has 0 saturated heterocycles. The van der Waals surface area contributed by atoms with E-state index in [4.69, 9.17) is 30.6 Å². The first kappa shape index (κ1) is 17.2. The van der Waals surface area contributed by atoms with Gasteiger partial charge in [-0.1, -0.05) is 11.6 Å². The Morgan fingerprint density at radius 2 is 1.93 bits per heavy atom. The molecule has 28 heavy (non-hydrogen) atoms. The third-order valence-electron chi connectivity index (χ3n) is 5.18. The van der Waals surface area contributed by atoms with E-state index in [9.17, 15) is 0 Å². The second-order valence-electron chi connectivity index (χ2n) is 6.98. The van der Waals surface area contributed by atoms with E-state index in [2.05, 4.69) is 0 Å². The van der Waals surface area contributed by atoms with E-state index in [-0.39, 0.29) is 12.3 Å². The highest BCUT2D eigenvalue weighted by Crippen LogP contribution is 2.48. The van der Waals surface area contributed by atoms with Crippen molar-refractivity contribution in [2.45, 2.75) is 25.6 Å². The first-order valence-electron chi connectivity index (χ1n) is 9.15. The van der Waals surface area contributed by atoms with Gasteiger partial charge in [0.25, 0.3) is 0 Å². The lowest BCUT2D eigenvalue weighted by Crippen LogP contribution is -2.33. The summed E-state index contributed by atoms with van der Waals surface area (Å²) < 4.78 is 17.4. The Morgan fingerprint density at radius 3 is 2.64 bits per heavy atom. The molecule has 0 radical (unpaired) electrons. The van der Waals surface area contributed by atoms with E-state index >= 15 is 0 Å². The molecule has 2 aliphatic rings. The predicted molar refractivity (Wildman–Crippen MR) is 107 cm³/mol. The van der Waals surface area contributed by atoms with Crippen LogP contribution in [0.2, 0.25) is 5.02 Å². The van der Waals surface area contributed by atoms with Gasteiger partial charge in [-0.25, -0.2) is 5.01 Å². The maximum atomic E-state index is 6.34. The van der Waals surface area contributed by atoms with Gasteiger partial charge in [0.1, 0.15) is 28.7 Å². The van der Waals surface area contributed by atoms with Gasteiger partial charge >= 0.3 is 0 Å². The Bertz CT molecular complexity index is 1060. The first-order chi connectivity index (χ1) is 13.6. The molecule has 0 N–H and O–H groups in total. The van der Waals surface area contributed by atoms with E-state index in [0.717, 1.165) is 46.3 Å². The number of nitrogens with zero attached hydrogens (tertiary/aromatic N) is 2. The smallest absolute Gasteiger partial charge is 0.213 e. The summed E-state index contributed by atoms with van der Waals surface area (Å²) in [5, 5.41) is 7.57. The number of fused-ring (bicyclic) bond motifs is 3. The number of hydrazone groups is 1. The Morgan fingerprint density at radius 1 is 1.11 bits per heavy atom. The molecule has 3 aromatic rings. The van der Waals surface area contributed by atoms with Crippen LogP contribution in [-0.4, -0.2) is 17.8 Å². The molecule has 2 atom stereocenters. The fraction of sp³-hybridized carbons (Fsp3) is 0.227. The normalized spacial score (nSPS) is 20.2. The van der Waals surface area contributed by atoms with Crippen molar-refractivity contribution in [1.29, 1.82) is 0 Å². The Balaban J connectivity index is 1.58. The quantitative estimate of drug-likeness (QED) is 0.589. The van der Waals surface area contributed by atoms with Gasteiger partial charge in [0, 0.05) is 22.6 Å². The zero-order valence-electron chi connectivity index (χ0n) is 15.6. The number of hydrogen-bond donors (Lipinski definition) is 0. The lowest BCUT2D eigenvalue weighted by atomic mass is 9.97. The number of ether oxygens (including phenoxy) is 2. The Kier molecular flexibility index (Phi) is 4.05. The van der Waals surface area contributed by atoms with E-state index in [1.165, 1.54) is 0 Å². The van der Waals surface area contributed by atoms with E-state index in [1.54, 1.807) is 7.11 Å². The van der Waals surface area contributed by atoms with Gasteiger partial charge in [-0.05, 0) is 61.5 Å². The summed E-state index contributed by atoms with van der Waals surface area (Å²) in [6, 6.07) is 17.6. The molecule has 5 rings (SSSR count). The summed E-state index contributed by atoms with van der Waals surface area (Å²) in [7, 11) is 1.66.